The molecule has 6 heteroatoms. The van der Waals surface area contributed by atoms with Gasteiger partial charge in [-0.15, -0.1) is 11.3 Å². The van der Waals surface area contributed by atoms with E-state index in [2.05, 4.69) is 29.1 Å². The van der Waals surface area contributed by atoms with Crippen molar-refractivity contribution in [2.45, 2.75) is 27.3 Å². The highest BCUT2D eigenvalue weighted by Gasteiger charge is 2.15. The molecule has 0 saturated carbocycles. The lowest BCUT2D eigenvalue weighted by molar-refractivity contribution is 0.174. The summed E-state index contributed by atoms with van der Waals surface area (Å²) in [6.07, 6.45) is 0. The van der Waals surface area contributed by atoms with Crippen molar-refractivity contribution in [3.8, 4) is 11.5 Å². The van der Waals surface area contributed by atoms with E-state index < -0.39 is 0 Å². The van der Waals surface area contributed by atoms with E-state index in [0.29, 0.717) is 13.3 Å². The van der Waals surface area contributed by atoms with Crippen LogP contribution in [0.15, 0.2) is 18.2 Å². The molecule has 0 spiro atoms. The molecule has 0 aliphatic carbocycles. The van der Waals surface area contributed by atoms with Crippen molar-refractivity contribution in [3.63, 3.8) is 0 Å². The van der Waals surface area contributed by atoms with E-state index in [1.165, 1.54) is 10.4 Å². The number of fused-ring (bicyclic) bond motifs is 2. The van der Waals surface area contributed by atoms with Gasteiger partial charge in [-0.05, 0) is 44.0 Å². The van der Waals surface area contributed by atoms with Crippen molar-refractivity contribution in [1.82, 2.24) is 9.97 Å². The maximum absolute atomic E-state index is 5.43. The van der Waals surface area contributed by atoms with E-state index in [1.807, 2.05) is 25.1 Å². The summed E-state index contributed by atoms with van der Waals surface area (Å²) in [7, 11) is 0. The van der Waals surface area contributed by atoms with Gasteiger partial charge in [-0.2, -0.15) is 0 Å². The van der Waals surface area contributed by atoms with Crippen LogP contribution in [0.4, 0.5) is 5.82 Å². The van der Waals surface area contributed by atoms with Crippen LogP contribution in [-0.2, 0) is 6.54 Å². The van der Waals surface area contributed by atoms with Gasteiger partial charge < -0.3 is 14.8 Å². The molecule has 0 unspecified atom stereocenters. The second-order valence-electron chi connectivity index (χ2n) is 5.62. The van der Waals surface area contributed by atoms with Gasteiger partial charge in [0.05, 0.1) is 5.39 Å². The normalized spacial score (nSPS) is 12.8. The highest BCUT2D eigenvalue weighted by molar-refractivity contribution is 7.18. The second-order valence-corrected chi connectivity index (χ2v) is 6.83. The molecule has 0 amide bonds. The van der Waals surface area contributed by atoms with Gasteiger partial charge in [-0.3, -0.25) is 0 Å². The van der Waals surface area contributed by atoms with Gasteiger partial charge in [0.15, 0.2) is 11.5 Å². The average Bonchev–Trinajstić information content (AvgIpc) is 3.09. The fourth-order valence-electron chi connectivity index (χ4n) is 2.72. The van der Waals surface area contributed by atoms with Gasteiger partial charge in [-0.25, -0.2) is 9.97 Å². The van der Waals surface area contributed by atoms with Crippen LogP contribution in [-0.4, -0.2) is 16.8 Å². The molecule has 1 N–H and O–H groups in total. The van der Waals surface area contributed by atoms with Gasteiger partial charge in [0, 0.05) is 11.4 Å². The number of rotatable bonds is 3. The van der Waals surface area contributed by atoms with Crippen LogP contribution in [0.1, 0.15) is 21.8 Å². The summed E-state index contributed by atoms with van der Waals surface area (Å²) in [6, 6.07) is 5.99. The van der Waals surface area contributed by atoms with Crippen LogP contribution in [0.5, 0.6) is 11.5 Å². The molecule has 0 radical (unpaired) electrons. The van der Waals surface area contributed by atoms with E-state index in [0.717, 1.165) is 38.9 Å². The number of benzene rings is 1. The third kappa shape index (κ3) is 2.49. The maximum atomic E-state index is 5.43. The minimum Gasteiger partial charge on any atom is -0.454 e. The molecule has 4 rings (SSSR count). The zero-order chi connectivity index (χ0) is 16.0. The summed E-state index contributed by atoms with van der Waals surface area (Å²) in [5.74, 6) is 3.29. The number of anilines is 1. The number of nitrogens with one attached hydrogen (secondary N) is 1. The Morgan fingerprint density at radius 2 is 1.96 bits per heavy atom. The van der Waals surface area contributed by atoms with E-state index in [4.69, 9.17) is 9.47 Å². The van der Waals surface area contributed by atoms with E-state index >= 15 is 0 Å². The van der Waals surface area contributed by atoms with Gasteiger partial charge >= 0.3 is 0 Å². The summed E-state index contributed by atoms with van der Waals surface area (Å²) < 4.78 is 10.8. The fraction of sp³-hybridized carbons (Fsp3) is 0.294. The zero-order valence-corrected chi connectivity index (χ0v) is 14.1. The molecular formula is C17H17N3O2S. The molecule has 1 aliphatic heterocycles. The van der Waals surface area contributed by atoms with Crippen LogP contribution in [0.25, 0.3) is 10.2 Å². The Kier molecular flexibility index (Phi) is 3.34. The molecule has 0 atom stereocenters. The van der Waals surface area contributed by atoms with E-state index in [-0.39, 0.29) is 0 Å². The number of hydrogen-bond donors (Lipinski definition) is 1. The molecule has 3 aromatic rings. The standard InChI is InChI=1S/C17H17N3O2S/c1-9-10(2)23-17-15(9)16(19-11(3)20-17)18-7-12-4-5-13-14(6-12)22-8-21-13/h4-6H,7-8H2,1-3H3,(H,18,19,20). The van der Waals surface area contributed by atoms with Crippen molar-refractivity contribution in [3.05, 3.63) is 40.0 Å². The molecule has 5 nitrogen and oxygen atoms in total. The topological polar surface area (TPSA) is 56.3 Å². The largest absolute Gasteiger partial charge is 0.454 e. The molecule has 0 bridgehead atoms. The maximum Gasteiger partial charge on any atom is 0.231 e. The molecule has 1 aliphatic rings. The summed E-state index contributed by atoms with van der Waals surface area (Å²) in [4.78, 5) is 11.5. The Balaban J connectivity index is 1.65. The van der Waals surface area contributed by atoms with E-state index in [1.54, 1.807) is 11.3 Å². The van der Waals surface area contributed by atoms with Gasteiger partial charge in [0.25, 0.3) is 0 Å². The first-order valence-corrected chi connectivity index (χ1v) is 8.30. The second kappa shape index (κ2) is 5.38. The first-order chi connectivity index (χ1) is 11.1. The number of aromatic nitrogens is 2. The monoisotopic (exact) mass is 327 g/mol. The molecule has 2 aromatic heterocycles. The van der Waals surface area contributed by atoms with Crippen LogP contribution >= 0.6 is 11.3 Å². The zero-order valence-electron chi connectivity index (χ0n) is 13.3. The number of nitrogens with zero attached hydrogens (tertiary/aromatic N) is 2. The van der Waals surface area contributed by atoms with Crippen LogP contribution < -0.4 is 14.8 Å². The van der Waals surface area contributed by atoms with Crippen molar-refractivity contribution >= 4 is 27.4 Å². The quantitative estimate of drug-likeness (QED) is 0.789. The fourth-order valence-corrected chi connectivity index (χ4v) is 3.80. The van der Waals surface area contributed by atoms with Gasteiger partial charge in [0.1, 0.15) is 16.5 Å². The van der Waals surface area contributed by atoms with Crippen molar-refractivity contribution in [1.29, 1.82) is 0 Å². The predicted molar refractivity (Wildman–Crippen MR) is 91.5 cm³/mol. The molecule has 1 aromatic carbocycles. The number of ether oxygens (including phenoxy) is 2. The Morgan fingerprint density at radius 1 is 1.13 bits per heavy atom. The third-order valence-electron chi connectivity index (χ3n) is 4.04. The Labute approximate surface area is 138 Å². The Morgan fingerprint density at radius 3 is 2.83 bits per heavy atom. The van der Waals surface area contributed by atoms with Gasteiger partial charge in [0.2, 0.25) is 6.79 Å². The summed E-state index contributed by atoms with van der Waals surface area (Å²) in [5, 5.41) is 4.57. The number of hydrogen-bond acceptors (Lipinski definition) is 6. The highest BCUT2D eigenvalue weighted by Crippen LogP contribution is 2.35. The van der Waals surface area contributed by atoms with Crippen LogP contribution in [0.2, 0.25) is 0 Å². The third-order valence-corrected chi connectivity index (χ3v) is 5.14. The van der Waals surface area contributed by atoms with Crippen LogP contribution in [0, 0.1) is 20.8 Å². The van der Waals surface area contributed by atoms with Gasteiger partial charge in [-0.1, -0.05) is 6.07 Å². The smallest absolute Gasteiger partial charge is 0.231 e. The van der Waals surface area contributed by atoms with E-state index in [9.17, 15) is 0 Å². The molecular weight excluding hydrogens is 310 g/mol. The van der Waals surface area contributed by atoms with Crippen molar-refractivity contribution in [2.75, 3.05) is 12.1 Å². The van der Waals surface area contributed by atoms with Crippen molar-refractivity contribution in [2.24, 2.45) is 0 Å². The first-order valence-electron chi connectivity index (χ1n) is 7.48. The Hall–Kier alpha value is -2.34. The van der Waals surface area contributed by atoms with Crippen LogP contribution in [0.3, 0.4) is 0 Å². The predicted octanol–water partition coefficient (Wildman–Crippen LogP) is 3.96. The summed E-state index contributed by atoms with van der Waals surface area (Å²) in [6.45, 7) is 7.15. The number of thiophene rings is 1. The minimum absolute atomic E-state index is 0.297. The lowest BCUT2D eigenvalue weighted by Gasteiger charge is -2.09. The minimum atomic E-state index is 0.297. The SMILES string of the molecule is Cc1nc(NCc2ccc3c(c2)OCO3)c2c(C)c(C)sc2n1. The lowest BCUT2D eigenvalue weighted by Crippen LogP contribution is -2.04. The van der Waals surface area contributed by atoms with Crippen molar-refractivity contribution < 1.29 is 9.47 Å². The molecule has 3 heterocycles. The number of aryl methyl sites for hydroxylation is 3. The molecule has 0 saturated heterocycles. The first kappa shape index (κ1) is 14.3. The molecule has 23 heavy (non-hydrogen) atoms. The highest BCUT2D eigenvalue weighted by atomic mass is 32.1. The summed E-state index contributed by atoms with van der Waals surface area (Å²) >= 11 is 1.72. The molecule has 118 valence electrons. The lowest BCUT2D eigenvalue weighted by atomic mass is 10.2. The summed E-state index contributed by atoms with van der Waals surface area (Å²) in [5.41, 5.74) is 2.38. The average molecular weight is 327 g/mol. The Bertz CT molecular complexity index is 904. The molecule has 0 fully saturated rings.